The summed E-state index contributed by atoms with van der Waals surface area (Å²) < 4.78 is 9.64. The fraction of sp³-hybridized carbons (Fsp3) is 0.0566. The summed E-state index contributed by atoms with van der Waals surface area (Å²) in [6.45, 7) is 4.73. The third kappa shape index (κ3) is 4.43. The molecule has 9 aromatic carbocycles. The Morgan fingerprint density at radius 2 is 1.21 bits per heavy atom. The number of benzene rings is 9. The summed E-state index contributed by atoms with van der Waals surface area (Å²) in [5.74, 6) is 0. The van der Waals surface area contributed by atoms with Crippen molar-refractivity contribution in [3.05, 3.63) is 187 Å². The van der Waals surface area contributed by atoms with Gasteiger partial charge in [0.2, 0.25) is 0 Å². The molecule has 11 aromatic rings. The van der Waals surface area contributed by atoms with Gasteiger partial charge in [0.05, 0.1) is 21.5 Å². The van der Waals surface area contributed by atoms with E-state index in [0.717, 1.165) is 50.1 Å². The van der Waals surface area contributed by atoms with Gasteiger partial charge in [0, 0.05) is 37.5 Å². The largest absolute Gasteiger partial charge is 0.455 e. The Hall–Kier alpha value is -6.68. The van der Waals surface area contributed by atoms with Gasteiger partial charge in [-0.3, -0.25) is 0 Å². The van der Waals surface area contributed by atoms with Crippen LogP contribution in [0.1, 0.15) is 25.0 Å². The number of furan rings is 1. The molecule has 2 nitrogen and oxygen atoms in total. The van der Waals surface area contributed by atoms with Crippen LogP contribution in [0.15, 0.2) is 180 Å². The molecule has 0 radical (unpaired) electrons. The molecule has 0 saturated heterocycles. The van der Waals surface area contributed by atoms with Crippen LogP contribution in [0.4, 0.5) is 17.1 Å². The molecular formula is C53H35NOS. The Balaban J connectivity index is 1.18. The molecule has 0 bridgehead atoms. The van der Waals surface area contributed by atoms with Crippen LogP contribution >= 0.6 is 11.3 Å². The first kappa shape index (κ1) is 31.6. The van der Waals surface area contributed by atoms with E-state index in [9.17, 15) is 0 Å². The molecule has 3 heteroatoms. The summed E-state index contributed by atoms with van der Waals surface area (Å²) in [7, 11) is 0. The molecular weight excluding hydrogens is 699 g/mol. The van der Waals surface area contributed by atoms with Crippen LogP contribution in [-0.2, 0) is 5.41 Å². The highest BCUT2D eigenvalue weighted by atomic mass is 32.1. The Morgan fingerprint density at radius 3 is 2.12 bits per heavy atom. The summed E-state index contributed by atoms with van der Waals surface area (Å²) in [6, 6.07) is 64.6. The summed E-state index contributed by atoms with van der Waals surface area (Å²) >= 11 is 1.87. The van der Waals surface area contributed by atoms with Crippen LogP contribution in [-0.4, -0.2) is 0 Å². The summed E-state index contributed by atoms with van der Waals surface area (Å²) in [5.41, 5.74) is 12.7. The number of nitrogens with zero attached hydrogens (tertiary/aromatic N) is 1. The van der Waals surface area contributed by atoms with Crippen LogP contribution < -0.4 is 4.90 Å². The highest BCUT2D eigenvalue weighted by Gasteiger charge is 2.36. The van der Waals surface area contributed by atoms with Gasteiger partial charge in [0.15, 0.2) is 0 Å². The van der Waals surface area contributed by atoms with Gasteiger partial charge in [-0.25, -0.2) is 0 Å². The Kier molecular flexibility index (Phi) is 6.59. The molecule has 0 N–H and O–H groups in total. The smallest absolute Gasteiger partial charge is 0.143 e. The van der Waals surface area contributed by atoms with E-state index in [4.69, 9.17) is 4.42 Å². The fourth-order valence-electron chi connectivity index (χ4n) is 9.57. The normalized spacial score (nSPS) is 13.3. The molecule has 2 heterocycles. The standard InChI is InChI=1S/C53H35NOS/c1-53(2)43-20-9-7-17-38(43)39-28-27-36(31-44(39)53)54(46-22-11-19-41-40-18-8-10-24-48(40)56-52(41)46)45-21-12-23-47-50(45)42-30-34-15-5-6-16-37(34)49(51(42)55-47)35-26-25-32-13-3-4-14-33(32)29-35/h3-31H,1-2H3. The van der Waals surface area contributed by atoms with Crippen molar-refractivity contribution in [3.63, 3.8) is 0 Å². The third-order valence-corrected chi connectivity index (χ3v) is 13.4. The lowest BCUT2D eigenvalue weighted by Crippen LogP contribution is -2.16. The van der Waals surface area contributed by atoms with Gasteiger partial charge in [-0.1, -0.05) is 141 Å². The second-order valence-corrected chi connectivity index (χ2v) is 16.7. The van der Waals surface area contributed by atoms with Crippen molar-refractivity contribution in [2.75, 3.05) is 4.90 Å². The lowest BCUT2D eigenvalue weighted by molar-refractivity contribution is 0.660. The van der Waals surface area contributed by atoms with E-state index in [2.05, 4.69) is 195 Å². The SMILES string of the molecule is CC1(C)c2ccccc2-c2ccc(N(c3cccc4c3sc3ccccc34)c3cccc4oc5c(-c6ccc7ccccc7c6)c6ccccc6cc5c34)cc21. The summed E-state index contributed by atoms with van der Waals surface area (Å²) in [5, 5.41) is 9.60. The van der Waals surface area contributed by atoms with Crippen molar-refractivity contribution in [1.29, 1.82) is 0 Å². The minimum atomic E-state index is -0.140. The van der Waals surface area contributed by atoms with Crippen LogP contribution in [0.3, 0.4) is 0 Å². The Labute approximate surface area is 328 Å². The minimum Gasteiger partial charge on any atom is -0.455 e. The van der Waals surface area contributed by atoms with E-state index in [1.54, 1.807) is 0 Å². The number of hydrogen-bond donors (Lipinski definition) is 0. The fourth-order valence-corrected chi connectivity index (χ4v) is 10.8. The van der Waals surface area contributed by atoms with Crippen LogP contribution in [0.5, 0.6) is 0 Å². The predicted molar refractivity (Wildman–Crippen MR) is 239 cm³/mol. The van der Waals surface area contributed by atoms with Crippen molar-refractivity contribution in [2.45, 2.75) is 19.3 Å². The van der Waals surface area contributed by atoms with E-state index in [0.29, 0.717) is 0 Å². The monoisotopic (exact) mass is 733 g/mol. The lowest BCUT2D eigenvalue weighted by Gasteiger charge is -2.29. The van der Waals surface area contributed by atoms with Gasteiger partial charge < -0.3 is 9.32 Å². The quantitative estimate of drug-likeness (QED) is 0.179. The first-order chi connectivity index (χ1) is 27.5. The number of anilines is 3. The van der Waals surface area contributed by atoms with Crippen molar-refractivity contribution in [3.8, 4) is 22.3 Å². The molecule has 0 saturated carbocycles. The van der Waals surface area contributed by atoms with E-state index >= 15 is 0 Å². The topological polar surface area (TPSA) is 16.4 Å². The first-order valence-electron chi connectivity index (χ1n) is 19.3. The number of hydrogen-bond acceptors (Lipinski definition) is 3. The molecule has 1 aliphatic rings. The maximum atomic E-state index is 7.08. The Bertz CT molecular complexity index is 3420. The molecule has 2 aromatic heterocycles. The molecule has 0 aliphatic heterocycles. The van der Waals surface area contributed by atoms with E-state index in [1.165, 1.54) is 64.0 Å². The van der Waals surface area contributed by atoms with E-state index in [-0.39, 0.29) is 5.41 Å². The summed E-state index contributed by atoms with van der Waals surface area (Å²) in [6.07, 6.45) is 0. The van der Waals surface area contributed by atoms with E-state index in [1.807, 2.05) is 11.3 Å². The van der Waals surface area contributed by atoms with Crippen LogP contribution in [0.2, 0.25) is 0 Å². The van der Waals surface area contributed by atoms with E-state index < -0.39 is 0 Å². The van der Waals surface area contributed by atoms with Crippen molar-refractivity contribution in [2.24, 2.45) is 0 Å². The zero-order valence-corrected chi connectivity index (χ0v) is 31.8. The zero-order chi connectivity index (χ0) is 37.1. The third-order valence-electron chi connectivity index (χ3n) is 12.2. The molecule has 0 fully saturated rings. The predicted octanol–water partition coefficient (Wildman–Crippen LogP) is 15.7. The molecule has 0 spiro atoms. The second kappa shape index (κ2) is 11.7. The van der Waals surface area contributed by atoms with Crippen LogP contribution in [0, 0.1) is 0 Å². The van der Waals surface area contributed by atoms with Gasteiger partial charge in [0.25, 0.3) is 0 Å². The van der Waals surface area contributed by atoms with Crippen LogP contribution in [0.25, 0.3) is 85.9 Å². The van der Waals surface area contributed by atoms with Crippen molar-refractivity contribution in [1.82, 2.24) is 0 Å². The Morgan fingerprint density at radius 1 is 0.500 bits per heavy atom. The highest BCUT2D eigenvalue weighted by Crippen LogP contribution is 2.53. The highest BCUT2D eigenvalue weighted by molar-refractivity contribution is 7.26. The molecule has 0 amide bonds. The molecule has 56 heavy (non-hydrogen) atoms. The molecule has 264 valence electrons. The number of rotatable bonds is 4. The van der Waals surface area contributed by atoms with Gasteiger partial charge in [-0.15, -0.1) is 11.3 Å². The lowest BCUT2D eigenvalue weighted by atomic mass is 9.82. The minimum absolute atomic E-state index is 0.140. The number of thiophene rings is 1. The van der Waals surface area contributed by atoms with Crippen molar-refractivity contribution < 1.29 is 4.42 Å². The van der Waals surface area contributed by atoms with Crippen molar-refractivity contribution >= 4 is 92.1 Å². The van der Waals surface area contributed by atoms with Gasteiger partial charge in [-0.2, -0.15) is 0 Å². The molecule has 1 aliphatic carbocycles. The second-order valence-electron chi connectivity index (χ2n) is 15.7. The van der Waals surface area contributed by atoms with Gasteiger partial charge >= 0.3 is 0 Å². The van der Waals surface area contributed by atoms with Gasteiger partial charge in [0.1, 0.15) is 11.2 Å². The number of fused-ring (bicyclic) bond motifs is 11. The maximum absolute atomic E-state index is 7.08. The maximum Gasteiger partial charge on any atom is 0.143 e. The molecule has 0 atom stereocenters. The zero-order valence-electron chi connectivity index (χ0n) is 31.0. The first-order valence-corrected chi connectivity index (χ1v) is 20.2. The summed E-state index contributed by atoms with van der Waals surface area (Å²) in [4.78, 5) is 2.50. The molecule has 0 unspecified atom stereocenters. The molecule has 12 rings (SSSR count). The van der Waals surface area contributed by atoms with Gasteiger partial charge in [-0.05, 0) is 97.9 Å². The average Bonchev–Trinajstić information content (AvgIpc) is 3.88. The average molecular weight is 734 g/mol.